The maximum atomic E-state index is 12.6. The van der Waals surface area contributed by atoms with Gasteiger partial charge >= 0.3 is 18.3 Å². The summed E-state index contributed by atoms with van der Waals surface area (Å²) in [5, 5.41) is 40.2. The van der Waals surface area contributed by atoms with Crippen molar-refractivity contribution in [1.82, 2.24) is 14.9 Å². The van der Waals surface area contributed by atoms with E-state index in [2.05, 4.69) is 19.8 Å². The summed E-state index contributed by atoms with van der Waals surface area (Å²) in [7, 11) is -3.75. The van der Waals surface area contributed by atoms with E-state index in [0.717, 1.165) is 0 Å². The molecule has 1 atom stereocenters. The van der Waals surface area contributed by atoms with Crippen LogP contribution in [0.15, 0.2) is 78.0 Å². The van der Waals surface area contributed by atoms with E-state index in [1.54, 1.807) is 48.8 Å². The van der Waals surface area contributed by atoms with E-state index >= 15 is 0 Å². The van der Waals surface area contributed by atoms with Crippen molar-refractivity contribution in [1.29, 1.82) is 0 Å². The van der Waals surface area contributed by atoms with E-state index < -0.39 is 40.0 Å². The number of carboxylic acids is 1. The molecule has 0 radical (unpaired) electrons. The van der Waals surface area contributed by atoms with Gasteiger partial charge in [0.05, 0.1) is 28.4 Å². The maximum Gasteiger partial charge on any atom is 0.511 e. The van der Waals surface area contributed by atoms with Crippen LogP contribution in [0.4, 0.5) is 23.7 Å². The number of hydrogen-bond acceptors (Lipinski definition) is 9. The van der Waals surface area contributed by atoms with E-state index in [9.17, 15) is 36.6 Å². The van der Waals surface area contributed by atoms with Crippen LogP contribution in [0, 0.1) is 0 Å². The monoisotopic (exact) mass is 668 g/mol. The fourth-order valence-corrected chi connectivity index (χ4v) is 5.10. The fraction of sp³-hybridized carbons (Fsp3) is 0.276. The molecule has 0 unspecified atom stereocenters. The van der Waals surface area contributed by atoms with Gasteiger partial charge in [0.15, 0.2) is 11.5 Å². The number of nitrogens with zero attached hydrogens (tertiary/aromatic N) is 2. The number of carbonyl (C=O) groups is 2. The molecule has 1 heterocycles. The predicted octanol–water partition coefficient (Wildman–Crippen LogP) is 4.72. The highest BCUT2D eigenvalue weighted by Crippen LogP contribution is 2.31. The highest BCUT2D eigenvalue weighted by atomic mass is 32.2. The normalized spacial score (nSPS) is 12.6. The van der Waals surface area contributed by atoms with Crippen LogP contribution < -0.4 is 14.8 Å². The van der Waals surface area contributed by atoms with Gasteiger partial charge in [-0.1, -0.05) is 30.3 Å². The highest BCUT2D eigenvalue weighted by Gasteiger charge is 2.38. The van der Waals surface area contributed by atoms with Gasteiger partial charge in [0.25, 0.3) is 10.0 Å². The number of phenols is 1. The Hall–Kier alpha value is -4.87. The van der Waals surface area contributed by atoms with Crippen molar-refractivity contribution in [2.45, 2.75) is 49.5 Å². The Morgan fingerprint density at radius 2 is 1.67 bits per heavy atom. The number of aliphatic hydroxyl groups is 1. The van der Waals surface area contributed by atoms with Crippen molar-refractivity contribution in [2.24, 2.45) is 0 Å². The van der Waals surface area contributed by atoms with Crippen LogP contribution in [0.2, 0.25) is 0 Å². The van der Waals surface area contributed by atoms with Gasteiger partial charge in [-0.15, -0.1) is 0 Å². The smallest absolute Gasteiger partial charge is 0.504 e. The van der Waals surface area contributed by atoms with E-state index in [1.165, 1.54) is 24.3 Å². The Morgan fingerprint density at radius 3 is 2.28 bits per heavy atom. The number of carboxylic acid groups (broad SMARTS) is 2. The molecule has 0 bridgehead atoms. The van der Waals surface area contributed by atoms with Crippen LogP contribution in [0.1, 0.15) is 31.9 Å². The quantitative estimate of drug-likeness (QED) is 0.0954. The number of sulfonamides is 1. The lowest BCUT2D eigenvalue weighted by Crippen LogP contribution is -2.42. The van der Waals surface area contributed by atoms with Gasteiger partial charge < -0.3 is 35.0 Å². The average molecular weight is 669 g/mol. The predicted molar refractivity (Wildman–Crippen MR) is 159 cm³/mol. The van der Waals surface area contributed by atoms with E-state index in [4.69, 9.17) is 15.0 Å². The van der Waals surface area contributed by atoms with E-state index in [1.807, 2.05) is 18.4 Å². The maximum absolute atomic E-state index is 12.6. The zero-order valence-electron chi connectivity index (χ0n) is 24.4. The summed E-state index contributed by atoms with van der Waals surface area (Å²) in [6.45, 7) is 4.73. The van der Waals surface area contributed by atoms with Crippen molar-refractivity contribution in [3.05, 3.63) is 78.6 Å². The molecule has 0 aliphatic heterocycles. The topological polar surface area (TPSA) is 200 Å². The van der Waals surface area contributed by atoms with E-state index in [0.29, 0.717) is 35.2 Å². The van der Waals surface area contributed by atoms with Gasteiger partial charge in [0.1, 0.15) is 0 Å². The number of rotatable bonds is 11. The number of β-amino-alcohol motifs (C(OH)–C–C–N with tert-alkyl or cyclic N) is 1. The lowest BCUT2D eigenvalue weighted by Gasteiger charge is -2.28. The first kappa shape index (κ1) is 35.6. The largest absolute Gasteiger partial charge is 0.511 e. The number of aromatic hydroxyl groups is 1. The average Bonchev–Trinajstić information content (AvgIpc) is 3.36. The zero-order valence-corrected chi connectivity index (χ0v) is 25.2. The third kappa shape index (κ3) is 10.1. The Balaban J connectivity index is 0.000000738. The van der Waals surface area contributed by atoms with E-state index in [-0.39, 0.29) is 22.9 Å². The Kier molecular flexibility index (Phi) is 11.2. The fourth-order valence-electron chi connectivity index (χ4n) is 4.03. The number of phenolic OH excluding ortho intramolecular Hbond substituents is 1. The molecule has 1 aromatic heterocycles. The molecule has 0 fully saturated rings. The van der Waals surface area contributed by atoms with Gasteiger partial charge in [-0.05, 0) is 50.1 Å². The first-order chi connectivity index (χ1) is 21.4. The number of ether oxygens (including phenoxy) is 1. The molecule has 4 rings (SSSR count). The number of aryl methyl sites for hydroxylation is 1. The first-order valence-corrected chi connectivity index (χ1v) is 14.9. The van der Waals surface area contributed by atoms with Gasteiger partial charge in [-0.25, -0.2) is 23.0 Å². The number of halogens is 3. The van der Waals surface area contributed by atoms with Gasteiger partial charge in [-0.2, -0.15) is 13.2 Å². The number of alkyl halides is 3. The summed E-state index contributed by atoms with van der Waals surface area (Å²) in [6, 6.07) is 17.5. The van der Waals surface area contributed by atoms with Gasteiger partial charge in [-0.3, -0.25) is 4.72 Å². The molecule has 13 nitrogen and oxygen atoms in total. The van der Waals surface area contributed by atoms with Gasteiger partial charge in [0.2, 0.25) is 0 Å². The Bertz CT molecular complexity index is 1780. The number of imidazole rings is 1. The number of nitrogens with one attached hydrogen (secondary N) is 2. The summed E-state index contributed by atoms with van der Waals surface area (Å²) in [4.78, 5) is 24.1. The minimum absolute atomic E-state index is 0.147. The standard InChI is InChI=1S/C27H30N4O7S.C2HF3O2/c1-27(2,11-12-31-17-28-21-14-25(38-26(34)35)23(32)15-22(21)31)29-16-24(33)18-7-6-8-19(13-18)30-39(36,37)20-9-4-3-5-10-20;3-2(4,5)1(6)7/h3-10,13-15,17,24,29-30,32-33H,11-12,16H2,1-2H3,(H,34,35);(H,6,7)/t24-;/m0./s1. The summed E-state index contributed by atoms with van der Waals surface area (Å²) < 4.78 is 66.0. The third-order valence-corrected chi connectivity index (χ3v) is 7.87. The lowest BCUT2D eigenvalue weighted by molar-refractivity contribution is -0.192. The Morgan fingerprint density at radius 1 is 1.02 bits per heavy atom. The number of anilines is 1. The molecular weight excluding hydrogens is 637 g/mol. The molecular formula is C29H31F3N4O9S. The number of aliphatic hydroxyl groups excluding tert-OH is 1. The molecule has 4 aromatic rings. The molecule has 0 aliphatic carbocycles. The second-order valence-corrected chi connectivity index (χ2v) is 12.2. The van der Waals surface area contributed by atoms with Crippen LogP contribution in [0.5, 0.6) is 11.5 Å². The number of aliphatic carboxylic acids is 1. The minimum Gasteiger partial charge on any atom is -0.504 e. The molecule has 0 saturated carbocycles. The molecule has 6 N–H and O–H groups in total. The number of aromatic nitrogens is 2. The summed E-state index contributed by atoms with van der Waals surface area (Å²) in [5.74, 6) is -3.25. The SMILES string of the molecule is CC(C)(CCn1cnc2cc(OC(=O)O)c(O)cc21)NC[C@H](O)c1cccc(NS(=O)(=O)c2ccccc2)c1.O=C(O)C(F)(F)F. The van der Waals surface area contributed by atoms with Crippen LogP contribution in [-0.2, 0) is 21.4 Å². The number of benzene rings is 3. The zero-order chi connectivity index (χ0) is 34.3. The Labute approximate surface area is 260 Å². The minimum atomic E-state index is -5.08. The highest BCUT2D eigenvalue weighted by molar-refractivity contribution is 7.92. The molecule has 0 aliphatic rings. The second-order valence-electron chi connectivity index (χ2n) is 10.5. The number of fused-ring (bicyclic) bond motifs is 1. The third-order valence-electron chi connectivity index (χ3n) is 6.47. The molecule has 0 saturated heterocycles. The van der Waals surface area contributed by atoms with Crippen molar-refractivity contribution >= 4 is 38.9 Å². The van der Waals surface area contributed by atoms with Crippen molar-refractivity contribution in [3.8, 4) is 11.5 Å². The molecule has 248 valence electrons. The molecule has 46 heavy (non-hydrogen) atoms. The molecule has 0 spiro atoms. The molecule has 0 amide bonds. The van der Waals surface area contributed by atoms with Gasteiger partial charge in [0, 0.05) is 36.4 Å². The number of hydrogen-bond donors (Lipinski definition) is 6. The van der Waals surface area contributed by atoms with Crippen LogP contribution in [0.25, 0.3) is 11.0 Å². The van der Waals surface area contributed by atoms with Crippen molar-refractivity contribution in [2.75, 3.05) is 11.3 Å². The summed E-state index contributed by atoms with van der Waals surface area (Å²) in [5.41, 5.74) is 1.60. The van der Waals surface area contributed by atoms with Crippen molar-refractivity contribution in [3.63, 3.8) is 0 Å². The van der Waals surface area contributed by atoms with Crippen LogP contribution in [-0.4, -0.2) is 68.8 Å². The van der Waals surface area contributed by atoms with Crippen LogP contribution in [0.3, 0.4) is 0 Å². The lowest BCUT2D eigenvalue weighted by atomic mass is 9.99. The van der Waals surface area contributed by atoms with Crippen LogP contribution >= 0.6 is 0 Å². The summed E-state index contributed by atoms with van der Waals surface area (Å²) in [6.07, 6.45) is -5.26. The summed E-state index contributed by atoms with van der Waals surface area (Å²) >= 11 is 0. The second kappa shape index (κ2) is 14.5. The molecule has 3 aromatic carbocycles. The first-order valence-electron chi connectivity index (χ1n) is 13.4. The molecule has 17 heteroatoms. The van der Waals surface area contributed by atoms with Crippen molar-refractivity contribution < 1.29 is 56.3 Å².